The van der Waals surface area contributed by atoms with Crippen LogP contribution in [-0.2, 0) is 0 Å². The maximum Gasteiger partial charge on any atom is -0.0197 e. The molecule has 0 nitrogen and oxygen atoms in total. The minimum atomic E-state index is 0.844. The van der Waals surface area contributed by atoms with Crippen molar-refractivity contribution in [2.75, 3.05) is 0 Å². The van der Waals surface area contributed by atoms with Crippen LogP contribution in [0.4, 0.5) is 0 Å². The molecule has 0 aliphatic heterocycles. The Labute approximate surface area is 58.0 Å². The number of hydrogen-bond acceptors (Lipinski definition) is 0. The van der Waals surface area contributed by atoms with Crippen molar-refractivity contribution in [2.45, 2.75) is 33.1 Å². The van der Waals surface area contributed by atoms with Crippen molar-refractivity contribution in [3.63, 3.8) is 0 Å². The Morgan fingerprint density at radius 3 is 2.89 bits per heavy atom. The third-order valence-electron chi connectivity index (χ3n) is 1.65. The van der Waals surface area contributed by atoms with E-state index in [-0.39, 0.29) is 0 Å². The predicted molar refractivity (Wildman–Crippen MR) is 41.1 cm³/mol. The monoisotopic (exact) mass is 123 g/mol. The Morgan fingerprint density at radius 2 is 2.44 bits per heavy atom. The van der Waals surface area contributed by atoms with E-state index in [1.807, 2.05) is 0 Å². The second-order valence-electron chi connectivity index (χ2n) is 2.90. The van der Waals surface area contributed by atoms with Crippen molar-refractivity contribution in [3.8, 4) is 0 Å². The van der Waals surface area contributed by atoms with E-state index in [2.05, 4.69) is 26.3 Å². The Bertz CT molecular complexity index is 107. The number of allylic oxidation sites excluding steroid dienone is 2. The number of rotatable bonds is 3. The molecule has 9 heavy (non-hydrogen) atoms. The Morgan fingerprint density at radius 1 is 1.78 bits per heavy atom. The second kappa shape index (κ2) is 3.05. The molecule has 1 fully saturated rings. The van der Waals surface area contributed by atoms with Crippen LogP contribution < -0.4 is 0 Å². The van der Waals surface area contributed by atoms with Crippen LogP contribution in [0.25, 0.3) is 0 Å². The third kappa shape index (κ3) is 2.69. The van der Waals surface area contributed by atoms with Crippen LogP contribution in [0.2, 0.25) is 0 Å². The van der Waals surface area contributed by atoms with Crippen molar-refractivity contribution < 1.29 is 0 Å². The molecule has 0 heteroatoms. The highest BCUT2D eigenvalue weighted by Crippen LogP contribution is 2.30. The quantitative estimate of drug-likeness (QED) is 0.506. The molecule has 0 bridgehead atoms. The average molecular weight is 123 g/mol. The van der Waals surface area contributed by atoms with Crippen molar-refractivity contribution in [2.24, 2.45) is 5.92 Å². The van der Waals surface area contributed by atoms with Gasteiger partial charge in [-0.1, -0.05) is 25.0 Å². The lowest BCUT2D eigenvalue weighted by molar-refractivity contribution is 0.891. The van der Waals surface area contributed by atoms with E-state index in [1.165, 1.54) is 19.3 Å². The van der Waals surface area contributed by atoms with Gasteiger partial charge in [0, 0.05) is 0 Å². The average Bonchev–Trinajstić information content (AvgIpc) is 2.50. The molecule has 1 unspecified atom stereocenters. The molecule has 1 aliphatic carbocycles. The molecule has 0 aromatic rings. The molecule has 0 aromatic carbocycles. The Balaban J connectivity index is 2.20. The summed E-state index contributed by atoms with van der Waals surface area (Å²) in [5, 5.41) is 0. The fourth-order valence-corrected chi connectivity index (χ4v) is 1.06. The third-order valence-corrected chi connectivity index (χ3v) is 1.65. The van der Waals surface area contributed by atoms with Gasteiger partial charge in [-0.3, -0.25) is 0 Å². The van der Waals surface area contributed by atoms with Gasteiger partial charge in [0.15, 0.2) is 0 Å². The normalized spacial score (nSPS) is 20.4. The van der Waals surface area contributed by atoms with Gasteiger partial charge in [0.1, 0.15) is 0 Å². The summed E-state index contributed by atoms with van der Waals surface area (Å²) in [5.74, 6) is 0.844. The van der Waals surface area contributed by atoms with Crippen LogP contribution in [0, 0.1) is 12.3 Å². The SMILES string of the molecule is CCCC(C)=CC1[CH]C1. The lowest BCUT2D eigenvalue weighted by Crippen LogP contribution is -1.75. The van der Waals surface area contributed by atoms with Gasteiger partial charge in [0.2, 0.25) is 0 Å². The van der Waals surface area contributed by atoms with Gasteiger partial charge >= 0.3 is 0 Å². The fourth-order valence-electron chi connectivity index (χ4n) is 1.06. The summed E-state index contributed by atoms with van der Waals surface area (Å²) in [6.45, 7) is 4.46. The maximum atomic E-state index is 2.39. The molecule has 1 saturated carbocycles. The Hall–Kier alpha value is -0.260. The second-order valence-corrected chi connectivity index (χ2v) is 2.90. The summed E-state index contributed by atoms with van der Waals surface area (Å²) in [7, 11) is 0. The topological polar surface area (TPSA) is 0 Å². The molecule has 1 atom stereocenters. The van der Waals surface area contributed by atoms with Gasteiger partial charge in [-0.25, -0.2) is 0 Å². The van der Waals surface area contributed by atoms with E-state index in [1.54, 1.807) is 5.57 Å². The maximum absolute atomic E-state index is 2.39. The molecule has 0 amide bonds. The van der Waals surface area contributed by atoms with Crippen LogP contribution in [0.1, 0.15) is 33.1 Å². The fraction of sp³-hybridized carbons (Fsp3) is 0.667. The zero-order valence-electron chi connectivity index (χ0n) is 6.35. The van der Waals surface area contributed by atoms with E-state index >= 15 is 0 Å². The summed E-state index contributed by atoms with van der Waals surface area (Å²) >= 11 is 0. The summed E-state index contributed by atoms with van der Waals surface area (Å²) in [4.78, 5) is 0. The highest BCUT2D eigenvalue weighted by molar-refractivity contribution is 5.13. The van der Waals surface area contributed by atoms with Gasteiger partial charge in [-0.2, -0.15) is 0 Å². The van der Waals surface area contributed by atoms with Crippen LogP contribution in [-0.4, -0.2) is 0 Å². The lowest BCUT2D eigenvalue weighted by atomic mass is 10.1. The molecule has 1 aliphatic rings. The predicted octanol–water partition coefficient (Wildman–Crippen LogP) is 2.96. The highest BCUT2D eigenvalue weighted by Gasteiger charge is 2.18. The summed E-state index contributed by atoms with van der Waals surface area (Å²) in [6, 6.07) is 0. The molecular weight excluding hydrogens is 108 g/mol. The zero-order chi connectivity index (χ0) is 6.69. The molecule has 0 heterocycles. The van der Waals surface area contributed by atoms with Crippen molar-refractivity contribution in [1.82, 2.24) is 0 Å². The standard InChI is InChI=1S/C9H15/c1-3-4-8(2)7-9-5-6-9/h5,7,9H,3-4,6H2,1-2H3. The molecule has 0 aromatic heterocycles. The van der Waals surface area contributed by atoms with E-state index in [0.717, 1.165) is 5.92 Å². The van der Waals surface area contributed by atoms with E-state index < -0.39 is 0 Å². The molecule has 1 radical (unpaired) electrons. The number of hydrogen-bond donors (Lipinski definition) is 0. The summed E-state index contributed by atoms with van der Waals surface area (Å²) < 4.78 is 0. The van der Waals surface area contributed by atoms with Crippen molar-refractivity contribution in [3.05, 3.63) is 18.1 Å². The Kier molecular flexibility index (Phi) is 2.32. The lowest BCUT2D eigenvalue weighted by Gasteiger charge is -1.94. The van der Waals surface area contributed by atoms with Crippen LogP contribution >= 0.6 is 0 Å². The van der Waals surface area contributed by atoms with E-state index in [9.17, 15) is 0 Å². The first kappa shape index (κ1) is 6.85. The first-order valence-corrected chi connectivity index (χ1v) is 3.83. The zero-order valence-corrected chi connectivity index (χ0v) is 6.35. The molecule has 0 N–H and O–H groups in total. The minimum Gasteiger partial charge on any atom is -0.0822 e. The van der Waals surface area contributed by atoms with Crippen LogP contribution in [0.15, 0.2) is 11.6 Å². The van der Waals surface area contributed by atoms with E-state index in [4.69, 9.17) is 0 Å². The van der Waals surface area contributed by atoms with Gasteiger partial charge in [0.25, 0.3) is 0 Å². The molecule has 0 spiro atoms. The molecule has 0 saturated heterocycles. The van der Waals surface area contributed by atoms with Gasteiger partial charge < -0.3 is 0 Å². The van der Waals surface area contributed by atoms with E-state index in [0.29, 0.717) is 0 Å². The van der Waals surface area contributed by atoms with Crippen LogP contribution in [0.5, 0.6) is 0 Å². The molecule has 1 rings (SSSR count). The molecule has 51 valence electrons. The smallest absolute Gasteiger partial charge is 0.0197 e. The largest absolute Gasteiger partial charge is 0.0822 e. The van der Waals surface area contributed by atoms with Gasteiger partial charge in [0.05, 0.1) is 0 Å². The minimum absolute atomic E-state index is 0.844. The first-order valence-electron chi connectivity index (χ1n) is 3.83. The van der Waals surface area contributed by atoms with Crippen molar-refractivity contribution >= 4 is 0 Å². The molecular formula is C9H15. The highest BCUT2D eigenvalue weighted by atomic mass is 14.2. The summed E-state index contributed by atoms with van der Waals surface area (Å²) in [5.41, 5.74) is 1.57. The van der Waals surface area contributed by atoms with Gasteiger partial charge in [-0.05, 0) is 32.1 Å². The summed E-state index contributed by atoms with van der Waals surface area (Å²) in [6.07, 6.45) is 8.63. The first-order chi connectivity index (χ1) is 4.33. The van der Waals surface area contributed by atoms with Crippen LogP contribution in [0.3, 0.4) is 0 Å². The van der Waals surface area contributed by atoms with Crippen molar-refractivity contribution in [1.29, 1.82) is 0 Å². The van der Waals surface area contributed by atoms with Gasteiger partial charge in [-0.15, -0.1) is 0 Å².